The molecule has 0 bridgehead atoms. The molecule has 11 nitrogen and oxygen atoms in total. The molecular weight excluding hydrogens is 602 g/mol. The van der Waals surface area contributed by atoms with Crippen LogP contribution in [0.15, 0.2) is 54.7 Å². The highest BCUT2D eigenvalue weighted by molar-refractivity contribution is 7.92. The lowest BCUT2D eigenvalue weighted by Crippen LogP contribution is -2.36. The number of likely N-dealkylation sites (tertiary alicyclic amines) is 1. The van der Waals surface area contributed by atoms with E-state index in [2.05, 4.69) is 43.6 Å². The number of pyridine rings is 1. The molecule has 6 rings (SSSR count). The molecule has 4 aromatic rings. The maximum atomic E-state index is 13.4. The van der Waals surface area contributed by atoms with E-state index in [1.807, 2.05) is 73.8 Å². The first-order chi connectivity index (χ1) is 21.8. The molecule has 2 aromatic carbocycles. The number of hydrogen-bond donors (Lipinski definition) is 3. The fourth-order valence-electron chi connectivity index (χ4n) is 6.51. The first kappa shape index (κ1) is 31.8. The molecule has 3 N–H and O–H groups in total. The van der Waals surface area contributed by atoms with Crippen molar-refractivity contribution in [2.24, 2.45) is 0 Å². The normalized spacial score (nSPS) is 20.3. The highest BCUT2D eigenvalue weighted by atomic mass is 32.2. The number of ether oxygens (including phenoxy) is 1. The summed E-state index contributed by atoms with van der Waals surface area (Å²) in [6, 6.07) is 15.3. The number of fused-ring (bicyclic) bond motifs is 2. The van der Waals surface area contributed by atoms with Crippen LogP contribution in [0, 0.1) is 6.92 Å². The van der Waals surface area contributed by atoms with Crippen LogP contribution in [0.1, 0.15) is 92.7 Å². The molecule has 0 saturated carbocycles. The van der Waals surface area contributed by atoms with Crippen LogP contribution < -0.4 is 20.1 Å². The highest BCUT2D eigenvalue weighted by Crippen LogP contribution is 2.40. The van der Waals surface area contributed by atoms with E-state index in [0.29, 0.717) is 29.8 Å². The van der Waals surface area contributed by atoms with Gasteiger partial charge in [0.15, 0.2) is 11.5 Å². The van der Waals surface area contributed by atoms with Crippen LogP contribution in [0.5, 0.6) is 5.75 Å². The number of carbonyl (C=O) groups excluding carboxylic acids is 1. The number of hydrogen-bond acceptors (Lipinski definition) is 7. The van der Waals surface area contributed by atoms with E-state index in [4.69, 9.17) is 4.74 Å². The Bertz CT molecular complexity index is 1880. The van der Waals surface area contributed by atoms with Gasteiger partial charge in [0.05, 0.1) is 30.2 Å². The van der Waals surface area contributed by atoms with Gasteiger partial charge < -0.3 is 15.4 Å². The standard InChI is InChI=1S/C34H43N7O4S/c1-21-27(18-22(34(2,3)4)19-28(21)39-46(6,43)44)36-33(42)35-26-14-15-30(25-11-8-7-10-24(25)26)45-23-13-16-31-37-38-32(41(31)20-23)29-12-9-17-40(29)5/h7-8,10-11,13,16,18-20,26,29-30,39H,9,12,14-15,17H2,1-6H3,(H2,35,36,42)/t26-,29?,30+/m0/s1. The lowest BCUT2D eigenvalue weighted by atomic mass is 9.85. The molecule has 1 unspecified atom stereocenters. The van der Waals surface area contributed by atoms with Crippen LogP contribution in [0.25, 0.3) is 5.65 Å². The molecule has 2 aromatic heterocycles. The summed E-state index contributed by atoms with van der Waals surface area (Å²) in [6.07, 6.45) is 6.51. The maximum absolute atomic E-state index is 13.4. The van der Waals surface area contributed by atoms with Gasteiger partial charge in [0, 0.05) is 5.69 Å². The van der Waals surface area contributed by atoms with Gasteiger partial charge in [-0.15, -0.1) is 10.2 Å². The van der Waals surface area contributed by atoms with Crippen LogP contribution in [-0.4, -0.2) is 53.8 Å². The van der Waals surface area contributed by atoms with Gasteiger partial charge in [0.1, 0.15) is 11.9 Å². The summed E-state index contributed by atoms with van der Waals surface area (Å²) in [4.78, 5) is 15.7. The molecule has 12 heteroatoms. The second-order valence-electron chi connectivity index (χ2n) is 13.6. The number of nitrogens with zero attached hydrogens (tertiary/aromatic N) is 4. The monoisotopic (exact) mass is 645 g/mol. The zero-order valence-corrected chi connectivity index (χ0v) is 28.1. The number of sulfonamides is 1. The Morgan fingerprint density at radius 3 is 2.43 bits per heavy atom. The quantitative estimate of drug-likeness (QED) is 0.217. The summed E-state index contributed by atoms with van der Waals surface area (Å²) in [5.41, 5.74) is 5.10. The van der Waals surface area contributed by atoms with Gasteiger partial charge in [0.2, 0.25) is 10.0 Å². The number of benzene rings is 2. The molecule has 46 heavy (non-hydrogen) atoms. The van der Waals surface area contributed by atoms with Crippen molar-refractivity contribution in [1.82, 2.24) is 24.8 Å². The summed E-state index contributed by atoms with van der Waals surface area (Å²) >= 11 is 0. The number of anilines is 2. The van der Waals surface area contributed by atoms with Gasteiger partial charge in [0.25, 0.3) is 0 Å². The third-order valence-electron chi connectivity index (χ3n) is 9.06. The number of aromatic nitrogens is 3. The van der Waals surface area contributed by atoms with Gasteiger partial charge in [-0.25, -0.2) is 13.2 Å². The Hall–Kier alpha value is -4.16. The molecule has 2 aliphatic rings. The Balaban J connectivity index is 1.20. The summed E-state index contributed by atoms with van der Waals surface area (Å²) in [5.74, 6) is 1.67. The van der Waals surface area contributed by atoms with Gasteiger partial charge in [-0.05, 0) is 98.1 Å². The van der Waals surface area contributed by atoms with Crippen molar-refractivity contribution < 1.29 is 17.9 Å². The molecule has 1 fully saturated rings. The lowest BCUT2D eigenvalue weighted by molar-refractivity contribution is 0.171. The van der Waals surface area contributed by atoms with Crippen molar-refractivity contribution in [1.29, 1.82) is 0 Å². The molecule has 0 radical (unpaired) electrons. The van der Waals surface area contributed by atoms with Crippen LogP contribution in [0.3, 0.4) is 0 Å². The predicted molar refractivity (Wildman–Crippen MR) is 180 cm³/mol. The molecule has 1 aliphatic carbocycles. The average molecular weight is 646 g/mol. The number of urea groups is 1. The molecular formula is C34H43N7O4S. The third kappa shape index (κ3) is 6.68. The van der Waals surface area contributed by atoms with Crippen molar-refractivity contribution in [2.45, 2.75) is 77.0 Å². The molecule has 244 valence electrons. The molecule has 0 spiro atoms. The van der Waals surface area contributed by atoms with Crippen molar-refractivity contribution >= 4 is 33.1 Å². The Labute approximate surface area is 270 Å². The first-order valence-corrected chi connectivity index (χ1v) is 17.7. The van der Waals surface area contributed by atoms with E-state index in [1.54, 1.807) is 6.92 Å². The zero-order valence-electron chi connectivity index (χ0n) is 27.3. The van der Waals surface area contributed by atoms with Crippen molar-refractivity contribution in [3.8, 4) is 5.75 Å². The topological polar surface area (TPSA) is 130 Å². The van der Waals surface area contributed by atoms with Crippen LogP contribution in [-0.2, 0) is 15.4 Å². The Morgan fingerprint density at radius 2 is 1.74 bits per heavy atom. The minimum Gasteiger partial charge on any atom is -0.484 e. The second kappa shape index (κ2) is 12.2. The van der Waals surface area contributed by atoms with Crippen LogP contribution in [0.2, 0.25) is 0 Å². The third-order valence-corrected chi connectivity index (χ3v) is 9.65. The van der Waals surface area contributed by atoms with E-state index in [0.717, 1.165) is 59.6 Å². The summed E-state index contributed by atoms with van der Waals surface area (Å²) < 4.78 is 35.4. The minimum absolute atomic E-state index is 0.181. The lowest BCUT2D eigenvalue weighted by Gasteiger charge is -2.32. The maximum Gasteiger partial charge on any atom is 0.319 e. The van der Waals surface area contributed by atoms with E-state index >= 15 is 0 Å². The minimum atomic E-state index is -3.51. The first-order valence-electron chi connectivity index (χ1n) is 15.8. The van der Waals surface area contributed by atoms with Gasteiger partial charge in [-0.1, -0.05) is 45.0 Å². The largest absolute Gasteiger partial charge is 0.484 e. The molecule has 1 saturated heterocycles. The van der Waals surface area contributed by atoms with Crippen molar-refractivity contribution in [3.63, 3.8) is 0 Å². The number of amides is 2. The predicted octanol–water partition coefficient (Wildman–Crippen LogP) is 6.25. The molecule has 1 aliphatic heterocycles. The van der Waals surface area contributed by atoms with E-state index in [9.17, 15) is 13.2 Å². The fourth-order valence-corrected chi connectivity index (χ4v) is 7.12. The zero-order chi connectivity index (χ0) is 32.8. The van der Waals surface area contributed by atoms with E-state index in [1.165, 1.54) is 0 Å². The smallest absolute Gasteiger partial charge is 0.319 e. The van der Waals surface area contributed by atoms with Crippen LogP contribution >= 0.6 is 0 Å². The van der Waals surface area contributed by atoms with Gasteiger partial charge in [-0.3, -0.25) is 14.0 Å². The summed E-state index contributed by atoms with van der Waals surface area (Å²) in [7, 11) is -1.38. The Morgan fingerprint density at radius 1 is 1.00 bits per heavy atom. The van der Waals surface area contributed by atoms with E-state index in [-0.39, 0.29) is 29.6 Å². The molecule has 3 heterocycles. The molecule has 3 atom stereocenters. The highest BCUT2D eigenvalue weighted by Gasteiger charge is 2.31. The average Bonchev–Trinajstić information content (AvgIpc) is 3.60. The van der Waals surface area contributed by atoms with Crippen molar-refractivity contribution in [3.05, 3.63) is 82.8 Å². The number of carbonyl (C=O) groups is 1. The fraction of sp³-hybridized carbons (Fsp3) is 0.441. The SMILES string of the molecule is Cc1c(NC(=O)N[C@H]2CC[C@@H](Oc3ccc4nnc(C5CCCN5C)n4c3)c3ccccc32)cc(C(C)(C)C)cc1NS(C)(=O)=O. The van der Waals surface area contributed by atoms with E-state index < -0.39 is 10.0 Å². The second-order valence-corrected chi connectivity index (χ2v) is 15.3. The molecule has 2 amide bonds. The summed E-state index contributed by atoms with van der Waals surface area (Å²) in [6.45, 7) is 8.97. The summed E-state index contributed by atoms with van der Waals surface area (Å²) in [5, 5.41) is 15.0. The Kier molecular flexibility index (Phi) is 8.45. The van der Waals surface area contributed by atoms with Gasteiger partial charge >= 0.3 is 6.03 Å². The number of rotatable bonds is 7. The van der Waals surface area contributed by atoms with Crippen LogP contribution in [0.4, 0.5) is 16.2 Å². The van der Waals surface area contributed by atoms with Gasteiger partial charge in [-0.2, -0.15) is 0 Å². The number of nitrogens with one attached hydrogen (secondary N) is 3. The van der Waals surface area contributed by atoms with Crippen molar-refractivity contribution in [2.75, 3.05) is 29.9 Å².